The molecule has 1 heterocycles. The van der Waals surface area contributed by atoms with Gasteiger partial charge in [-0.2, -0.15) is 0 Å². The van der Waals surface area contributed by atoms with Gasteiger partial charge >= 0.3 is 6.09 Å². The number of benzene rings is 1. The van der Waals surface area contributed by atoms with Crippen molar-refractivity contribution in [2.75, 3.05) is 45.2 Å². The molecule has 120 valence electrons. The predicted octanol–water partition coefficient (Wildman–Crippen LogP) is 2.17. The van der Waals surface area contributed by atoms with E-state index in [2.05, 4.69) is 5.32 Å². The molecule has 2 rings (SSSR count). The van der Waals surface area contributed by atoms with Crippen LogP contribution in [0.4, 0.5) is 10.5 Å². The maximum atomic E-state index is 11.7. The van der Waals surface area contributed by atoms with E-state index in [0.29, 0.717) is 37.9 Å². The van der Waals surface area contributed by atoms with E-state index >= 15 is 0 Å². The quantitative estimate of drug-likeness (QED) is 0.861. The molecule has 7 heteroatoms. The third-order valence-corrected chi connectivity index (χ3v) is 3.77. The van der Waals surface area contributed by atoms with Crippen LogP contribution >= 0.6 is 12.2 Å². The number of hydrogen-bond donors (Lipinski definition) is 1. The summed E-state index contributed by atoms with van der Waals surface area (Å²) in [5.41, 5.74) is 0.886. The van der Waals surface area contributed by atoms with Gasteiger partial charge in [0.15, 0.2) is 5.11 Å². The van der Waals surface area contributed by atoms with Crippen molar-refractivity contribution in [1.82, 2.24) is 9.80 Å². The van der Waals surface area contributed by atoms with Crippen LogP contribution in [-0.2, 0) is 4.74 Å². The lowest BCUT2D eigenvalue weighted by Gasteiger charge is -2.35. The lowest BCUT2D eigenvalue weighted by atomic mass is 10.3. The van der Waals surface area contributed by atoms with Gasteiger partial charge in [-0.15, -0.1) is 0 Å². The van der Waals surface area contributed by atoms with Gasteiger partial charge in [-0.25, -0.2) is 4.79 Å². The zero-order valence-electron chi connectivity index (χ0n) is 12.9. The summed E-state index contributed by atoms with van der Waals surface area (Å²) in [5.74, 6) is 0.778. The van der Waals surface area contributed by atoms with Crippen molar-refractivity contribution in [2.45, 2.75) is 6.92 Å². The topological polar surface area (TPSA) is 54.0 Å². The number of piperazine rings is 1. The first-order chi connectivity index (χ1) is 10.6. The zero-order chi connectivity index (χ0) is 15.9. The Morgan fingerprint density at radius 1 is 1.27 bits per heavy atom. The van der Waals surface area contributed by atoms with Gasteiger partial charge in [0, 0.05) is 37.9 Å². The first-order valence-electron chi connectivity index (χ1n) is 7.25. The second-order valence-electron chi connectivity index (χ2n) is 4.84. The number of nitrogens with one attached hydrogen (secondary N) is 1. The Kier molecular flexibility index (Phi) is 5.83. The predicted molar refractivity (Wildman–Crippen MR) is 89.4 cm³/mol. The summed E-state index contributed by atoms with van der Waals surface area (Å²) in [5, 5.41) is 3.85. The number of hydrogen-bond acceptors (Lipinski definition) is 4. The van der Waals surface area contributed by atoms with Crippen molar-refractivity contribution < 1.29 is 14.3 Å². The minimum atomic E-state index is -0.256. The highest BCUT2D eigenvalue weighted by molar-refractivity contribution is 7.80. The second-order valence-corrected chi connectivity index (χ2v) is 5.22. The van der Waals surface area contributed by atoms with Crippen LogP contribution in [0.2, 0.25) is 0 Å². The molecular formula is C15H21N3O3S. The highest BCUT2D eigenvalue weighted by Gasteiger charge is 2.23. The van der Waals surface area contributed by atoms with E-state index in [4.69, 9.17) is 21.7 Å². The summed E-state index contributed by atoms with van der Waals surface area (Å²) < 4.78 is 10.2. The number of carbonyl (C=O) groups excluding carboxylic acids is 1. The molecule has 0 unspecified atom stereocenters. The Balaban J connectivity index is 1.85. The molecule has 1 amide bonds. The average Bonchev–Trinajstić information content (AvgIpc) is 2.55. The Hall–Kier alpha value is -2.02. The van der Waals surface area contributed by atoms with E-state index in [1.807, 2.05) is 29.2 Å². The van der Waals surface area contributed by atoms with Gasteiger partial charge < -0.3 is 24.6 Å². The molecule has 0 aliphatic carbocycles. The molecule has 1 fully saturated rings. The van der Waals surface area contributed by atoms with E-state index in [9.17, 15) is 4.79 Å². The molecule has 1 aliphatic rings. The van der Waals surface area contributed by atoms with E-state index in [1.165, 1.54) is 0 Å². The minimum absolute atomic E-state index is 0.256. The standard InChI is InChI=1S/C15H21N3O3S/c1-3-21-15(19)18-9-7-17(8-10-18)14(22)16-12-5-4-6-13(11-12)20-2/h4-6,11H,3,7-10H2,1-2H3,(H,16,22). The molecule has 1 aromatic carbocycles. The molecular weight excluding hydrogens is 302 g/mol. The molecule has 6 nitrogen and oxygen atoms in total. The SMILES string of the molecule is CCOC(=O)N1CCN(C(=S)Nc2cccc(OC)c2)CC1. The van der Waals surface area contributed by atoms with Crippen LogP contribution in [0.15, 0.2) is 24.3 Å². The molecule has 1 aromatic rings. The molecule has 1 saturated heterocycles. The minimum Gasteiger partial charge on any atom is -0.497 e. The van der Waals surface area contributed by atoms with Crippen LogP contribution in [-0.4, -0.2) is 60.9 Å². The van der Waals surface area contributed by atoms with Crippen LogP contribution in [0, 0.1) is 0 Å². The van der Waals surface area contributed by atoms with Crippen LogP contribution in [0.25, 0.3) is 0 Å². The molecule has 0 radical (unpaired) electrons. The first kappa shape index (κ1) is 16.4. The largest absolute Gasteiger partial charge is 0.497 e. The van der Waals surface area contributed by atoms with E-state index in [1.54, 1.807) is 18.9 Å². The fraction of sp³-hybridized carbons (Fsp3) is 0.467. The highest BCUT2D eigenvalue weighted by atomic mass is 32.1. The summed E-state index contributed by atoms with van der Waals surface area (Å²) in [4.78, 5) is 15.4. The lowest BCUT2D eigenvalue weighted by Crippen LogP contribution is -2.51. The van der Waals surface area contributed by atoms with Gasteiger partial charge in [-0.3, -0.25) is 0 Å². The molecule has 0 atom stereocenters. The van der Waals surface area contributed by atoms with Crippen molar-refractivity contribution >= 4 is 29.1 Å². The fourth-order valence-corrected chi connectivity index (χ4v) is 2.51. The molecule has 0 saturated carbocycles. The van der Waals surface area contributed by atoms with Crippen molar-refractivity contribution in [3.63, 3.8) is 0 Å². The van der Waals surface area contributed by atoms with Gasteiger partial charge in [0.25, 0.3) is 0 Å². The summed E-state index contributed by atoms with van der Waals surface area (Å²) >= 11 is 5.43. The number of anilines is 1. The Labute approximate surface area is 136 Å². The lowest BCUT2D eigenvalue weighted by molar-refractivity contribution is 0.0923. The molecule has 22 heavy (non-hydrogen) atoms. The number of ether oxygens (including phenoxy) is 2. The van der Waals surface area contributed by atoms with E-state index in [0.717, 1.165) is 11.4 Å². The van der Waals surface area contributed by atoms with Crippen LogP contribution in [0.3, 0.4) is 0 Å². The van der Waals surface area contributed by atoms with Crippen molar-refractivity contribution in [3.05, 3.63) is 24.3 Å². The fourth-order valence-electron chi connectivity index (χ4n) is 2.21. The normalized spacial score (nSPS) is 14.5. The maximum Gasteiger partial charge on any atom is 0.409 e. The third kappa shape index (κ3) is 4.24. The first-order valence-corrected chi connectivity index (χ1v) is 7.66. The molecule has 1 aliphatic heterocycles. The highest BCUT2D eigenvalue weighted by Crippen LogP contribution is 2.17. The van der Waals surface area contributed by atoms with E-state index < -0.39 is 0 Å². The van der Waals surface area contributed by atoms with Gasteiger partial charge in [-0.05, 0) is 31.3 Å². The van der Waals surface area contributed by atoms with Gasteiger partial charge in [0.1, 0.15) is 5.75 Å². The smallest absolute Gasteiger partial charge is 0.409 e. The summed E-state index contributed by atoms with van der Waals surface area (Å²) in [6, 6.07) is 7.61. The molecule has 1 N–H and O–H groups in total. The Morgan fingerprint density at radius 3 is 2.59 bits per heavy atom. The third-order valence-electron chi connectivity index (χ3n) is 3.41. The number of nitrogens with zero attached hydrogens (tertiary/aromatic N) is 2. The van der Waals surface area contributed by atoms with Crippen LogP contribution in [0.1, 0.15) is 6.92 Å². The Morgan fingerprint density at radius 2 is 1.95 bits per heavy atom. The number of thiocarbonyl (C=S) groups is 1. The molecule has 0 aromatic heterocycles. The summed E-state index contributed by atoms with van der Waals surface area (Å²) in [6.45, 7) is 4.80. The van der Waals surface area contributed by atoms with Crippen molar-refractivity contribution in [1.29, 1.82) is 0 Å². The molecule has 0 bridgehead atoms. The van der Waals surface area contributed by atoms with Gasteiger partial charge in [0.05, 0.1) is 13.7 Å². The van der Waals surface area contributed by atoms with Crippen LogP contribution in [0.5, 0.6) is 5.75 Å². The van der Waals surface area contributed by atoms with Gasteiger partial charge in [0.2, 0.25) is 0 Å². The second kappa shape index (κ2) is 7.84. The number of methoxy groups -OCH3 is 1. The van der Waals surface area contributed by atoms with Crippen molar-refractivity contribution in [3.8, 4) is 5.75 Å². The average molecular weight is 323 g/mol. The monoisotopic (exact) mass is 323 g/mol. The van der Waals surface area contributed by atoms with Crippen molar-refractivity contribution in [2.24, 2.45) is 0 Å². The van der Waals surface area contributed by atoms with E-state index in [-0.39, 0.29) is 6.09 Å². The number of carbonyl (C=O) groups is 1. The number of amides is 1. The van der Waals surface area contributed by atoms with Gasteiger partial charge in [-0.1, -0.05) is 6.07 Å². The van der Waals surface area contributed by atoms with Crippen LogP contribution < -0.4 is 10.1 Å². The summed E-state index contributed by atoms with van der Waals surface area (Å²) in [7, 11) is 1.63. The maximum absolute atomic E-state index is 11.7. The summed E-state index contributed by atoms with van der Waals surface area (Å²) in [6.07, 6.45) is -0.256. The Bertz CT molecular complexity index is 531. The number of rotatable bonds is 3. The molecule has 0 spiro atoms. The zero-order valence-corrected chi connectivity index (χ0v) is 13.7.